The van der Waals surface area contributed by atoms with Gasteiger partial charge in [0.25, 0.3) is 0 Å². The highest BCUT2D eigenvalue weighted by Gasteiger charge is 2.14. The third-order valence-electron chi connectivity index (χ3n) is 3.52. The standard InChI is InChI=1S/C18H22FN/c1-13-8-9-15(18(2,3)4)10-14(13)12-20-17-7-5-6-16(19)11-17/h5-11,20H,12H2,1-4H3. The van der Waals surface area contributed by atoms with Crippen LogP contribution in [-0.4, -0.2) is 0 Å². The van der Waals surface area contributed by atoms with Gasteiger partial charge < -0.3 is 5.32 Å². The summed E-state index contributed by atoms with van der Waals surface area (Å²) in [5.41, 5.74) is 4.77. The smallest absolute Gasteiger partial charge is 0.125 e. The van der Waals surface area contributed by atoms with E-state index < -0.39 is 0 Å². The molecule has 20 heavy (non-hydrogen) atoms. The van der Waals surface area contributed by atoms with Gasteiger partial charge in [-0.3, -0.25) is 0 Å². The van der Waals surface area contributed by atoms with Gasteiger partial charge in [0, 0.05) is 12.2 Å². The maximum Gasteiger partial charge on any atom is 0.125 e. The molecule has 0 aliphatic carbocycles. The molecular weight excluding hydrogens is 249 g/mol. The lowest BCUT2D eigenvalue weighted by molar-refractivity contribution is 0.589. The van der Waals surface area contributed by atoms with Crippen LogP contribution in [0.1, 0.15) is 37.5 Å². The van der Waals surface area contributed by atoms with Crippen LogP contribution >= 0.6 is 0 Å². The molecule has 1 nitrogen and oxygen atoms in total. The summed E-state index contributed by atoms with van der Waals surface area (Å²) in [6, 6.07) is 13.1. The van der Waals surface area contributed by atoms with Gasteiger partial charge in [0.15, 0.2) is 0 Å². The Hall–Kier alpha value is -1.83. The molecule has 0 spiro atoms. The molecule has 0 aliphatic heterocycles. The minimum atomic E-state index is -0.213. The summed E-state index contributed by atoms with van der Waals surface area (Å²) in [6.45, 7) is 9.44. The second-order valence-corrected chi connectivity index (χ2v) is 6.26. The molecule has 0 bridgehead atoms. The lowest BCUT2D eigenvalue weighted by atomic mass is 9.85. The summed E-state index contributed by atoms with van der Waals surface area (Å²) in [4.78, 5) is 0. The molecule has 0 saturated heterocycles. The molecular formula is C18H22FN. The first kappa shape index (κ1) is 14.6. The van der Waals surface area contributed by atoms with Crippen molar-refractivity contribution in [1.82, 2.24) is 0 Å². The number of rotatable bonds is 3. The number of aryl methyl sites for hydroxylation is 1. The minimum absolute atomic E-state index is 0.140. The molecule has 0 saturated carbocycles. The van der Waals surface area contributed by atoms with E-state index in [0.29, 0.717) is 6.54 Å². The molecule has 0 amide bonds. The van der Waals surface area contributed by atoms with E-state index in [1.807, 2.05) is 6.07 Å². The first-order valence-electron chi connectivity index (χ1n) is 6.96. The van der Waals surface area contributed by atoms with E-state index >= 15 is 0 Å². The predicted octanol–water partition coefficient (Wildman–Crippen LogP) is 5.04. The summed E-state index contributed by atoms with van der Waals surface area (Å²) in [7, 11) is 0. The fourth-order valence-electron chi connectivity index (χ4n) is 2.12. The minimum Gasteiger partial charge on any atom is -0.381 e. The molecule has 2 aromatic carbocycles. The predicted molar refractivity (Wildman–Crippen MR) is 83.6 cm³/mol. The van der Waals surface area contributed by atoms with Crippen molar-refractivity contribution in [2.45, 2.75) is 39.7 Å². The first-order chi connectivity index (χ1) is 9.36. The summed E-state index contributed by atoms with van der Waals surface area (Å²) in [5.74, 6) is -0.213. The third-order valence-corrected chi connectivity index (χ3v) is 3.52. The van der Waals surface area contributed by atoms with Gasteiger partial charge in [-0.25, -0.2) is 4.39 Å². The molecule has 2 rings (SSSR count). The Balaban J connectivity index is 2.17. The lowest BCUT2D eigenvalue weighted by Gasteiger charge is -2.21. The fourth-order valence-corrected chi connectivity index (χ4v) is 2.12. The molecule has 2 aromatic rings. The normalized spacial score (nSPS) is 11.4. The largest absolute Gasteiger partial charge is 0.381 e. The summed E-state index contributed by atoms with van der Waals surface area (Å²) < 4.78 is 13.2. The van der Waals surface area contributed by atoms with E-state index in [-0.39, 0.29) is 11.2 Å². The highest BCUT2D eigenvalue weighted by molar-refractivity contribution is 5.45. The zero-order valence-electron chi connectivity index (χ0n) is 12.6. The van der Waals surface area contributed by atoms with Crippen LogP contribution in [0.15, 0.2) is 42.5 Å². The topological polar surface area (TPSA) is 12.0 Å². The second-order valence-electron chi connectivity index (χ2n) is 6.26. The van der Waals surface area contributed by atoms with Gasteiger partial charge in [-0.05, 0) is 47.2 Å². The quantitative estimate of drug-likeness (QED) is 0.824. The van der Waals surface area contributed by atoms with Crippen LogP contribution in [0.2, 0.25) is 0 Å². The van der Waals surface area contributed by atoms with Gasteiger partial charge in [0.05, 0.1) is 0 Å². The van der Waals surface area contributed by atoms with Crippen LogP contribution in [-0.2, 0) is 12.0 Å². The van der Waals surface area contributed by atoms with Gasteiger partial charge in [0.1, 0.15) is 5.82 Å². The number of hydrogen-bond donors (Lipinski definition) is 1. The Bertz CT molecular complexity index is 597. The zero-order valence-corrected chi connectivity index (χ0v) is 12.6. The molecule has 0 atom stereocenters. The van der Waals surface area contributed by atoms with Crippen molar-refractivity contribution in [3.8, 4) is 0 Å². The molecule has 0 radical (unpaired) electrons. The van der Waals surface area contributed by atoms with Crippen LogP contribution in [0.4, 0.5) is 10.1 Å². The Kier molecular flexibility index (Phi) is 4.12. The van der Waals surface area contributed by atoms with Gasteiger partial charge in [0.2, 0.25) is 0 Å². The van der Waals surface area contributed by atoms with E-state index in [1.54, 1.807) is 6.07 Å². The second kappa shape index (κ2) is 5.66. The summed E-state index contributed by atoms with van der Waals surface area (Å²) >= 11 is 0. The van der Waals surface area contributed by atoms with Crippen molar-refractivity contribution in [2.75, 3.05) is 5.32 Å². The Labute approximate surface area is 120 Å². The maximum absolute atomic E-state index is 13.2. The van der Waals surface area contributed by atoms with Crippen molar-refractivity contribution in [3.05, 3.63) is 65.0 Å². The van der Waals surface area contributed by atoms with E-state index in [1.165, 1.54) is 28.8 Å². The van der Waals surface area contributed by atoms with E-state index in [4.69, 9.17) is 0 Å². The zero-order chi connectivity index (χ0) is 14.8. The average Bonchev–Trinajstić information content (AvgIpc) is 2.36. The molecule has 2 heteroatoms. The molecule has 106 valence electrons. The van der Waals surface area contributed by atoms with Crippen molar-refractivity contribution in [2.24, 2.45) is 0 Å². The third kappa shape index (κ3) is 3.60. The van der Waals surface area contributed by atoms with Crippen molar-refractivity contribution in [3.63, 3.8) is 0 Å². The average molecular weight is 271 g/mol. The fraction of sp³-hybridized carbons (Fsp3) is 0.333. The number of nitrogens with one attached hydrogen (secondary N) is 1. The van der Waals surface area contributed by atoms with Crippen LogP contribution in [0.3, 0.4) is 0 Å². The molecule has 0 aliphatic rings. The van der Waals surface area contributed by atoms with Crippen molar-refractivity contribution < 1.29 is 4.39 Å². The Morgan fingerprint density at radius 2 is 1.80 bits per heavy atom. The van der Waals surface area contributed by atoms with Crippen LogP contribution < -0.4 is 5.32 Å². The first-order valence-corrected chi connectivity index (χ1v) is 6.96. The number of halogens is 1. The molecule has 0 heterocycles. The van der Waals surface area contributed by atoms with Gasteiger partial charge in [-0.2, -0.15) is 0 Å². The van der Waals surface area contributed by atoms with Gasteiger partial charge >= 0.3 is 0 Å². The Morgan fingerprint density at radius 1 is 1.05 bits per heavy atom. The van der Waals surface area contributed by atoms with E-state index in [0.717, 1.165) is 5.69 Å². The molecule has 0 unspecified atom stereocenters. The molecule has 1 N–H and O–H groups in total. The Morgan fingerprint density at radius 3 is 2.45 bits per heavy atom. The number of hydrogen-bond acceptors (Lipinski definition) is 1. The van der Waals surface area contributed by atoms with Crippen LogP contribution in [0, 0.1) is 12.7 Å². The van der Waals surface area contributed by atoms with Crippen molar-refractivity contribution in [1.29, 1.82) is 0 Å². The van der Waals surface area contributed by atoms with Gasteiger partial charge in [-0.15, -0.1) is 0 Å². The van der Waals surface area contributed by atoms with Gasteiger partial charge in [-0.1, -0.05) is 45.0 Å². The van der Waals surface area contributed by atoms with Crippen LogP contribution in [0.25, 0.3) is 0 Å². The maximum atomic E-state index is 13.2. The highest BCUT2D eigenvalue weighted by Crippen LogP contribution is 2.25. The lowest BCUT2D eigenvalue weighted by Crippen LogP contribution is -2.12. The van der Waals surface area contributed by atoms with E-state index in [2.05, 4.69) is 51.2 Å². The monoisotopic (exact) mass is 271 g/mol. The van der Waals surface area contributed by atoms with Crippen LogP contribution in [0.5, 0.6) is 0 Å². The number of benzene rings is 2. The highest BCUT2D eigenvalue weighted by atomic mass is 19.1. The molecule has 0 aromatic heterocycles. The molecule has 0 fully saturated rings. The van der Waals surface area contributed by atoms with E-state index in [9.17, 15) is 4.39 Å². The summed E-state index contributed by atoms with van der Waals surface area (Å²) in [6.07, 6.45) is 0. The van der Waals surface area contributed by atoms with Crippen molar-refractivity contribution >= 4 is 5.69 Å². The summed E-state index contributed by atoms with van der Waals surface area (Å²) in [5, 5.41) is 3.28. The SMILES string of the molecule is Cc1ccc(C(C)(C)C)cc1CNc1cccc(F)c1. The number of anilines is 1.